The van der Waals surface area contributed by atoms with Crippen LogP contribution in [0.3, 0.4) is 0 Å². The molecule has 1 aromatic rings. The second-order valence-corrected chi connectivity index (χ2v) is 6.75. The van der Waals surface area contributed by atoms with Crippen LogP contribution in [-0.4, -0.2) is 71.0 Å². The van der Waals surface area contributed by atoms with Crippen molar-refractivity contribution in [1.29, 1.82) is 0 Å². The van der Waals surface area contributed by atoms with Crippen molar-refractivity contribution >= 4 is 11.8 Å². The van der Waals surface area contributed by atoms with E-state index in [0.29, 0.717) is 44.3 Å². The Hall–Kier alpha value is -2.02. The number of carbonyl (C=O) groups excluding carboxylic acids is 2. The molecule has 0 N–H and O–H groups in total. The molecule has 0 aromatic carbocycles. The lowest BCUT2D eigenvalue weighted by atomic mass is 9.99. The first-order chi connectivity index (χ1) is 12.6. The van der Waals surface area contributed by atoms with E-state index in [1.54, 1.807) is 4.90 Å². The number of aromatic nitrogens is 2. The third-order valence-corrected chi connectivity index (χ3v) is 4.72. The standard InChI is InChI=1S/C19H30N4O3/c1-3-26-14-4-10-23(19(25)17-15-20-8-9-21-17)13-7-18(24)22-11-5-16(2)6-12-22/h8-9,15-16H,3-7,10-14H2,1-2H3. The lowest BCUT2D eigenvalue weighted by Gasteiger charge is -2.31. The smallest absolute Gasteiger partial charge is 0.274 e. The van der Waals surface area contributed by atoms with Crippen molar-refractivity contribution < 1.29 is 14.3 Å². The second-order valence-electron chi connectivity index (χ2n) is 6.75. The molecule has 2 amide bonds. The zero-order chi connectivity index (χ0) is 18.8. The quantitative estimate of drug-likeness (QED) is 0.628. The summed E-state index contributed by atoms with van der Waals surface area (Å²) >= 11 is 0. The molecule has 2 rings (SSSR count). The highest BCUT2D eigenvalue weighted by Gasteiger charge is 2.22. The lowest BCUT2D eigenvalue weighted by molar-refractivity contribution is -0.132. The van der Waals surface area contributed by atoms with Gasteiger partial charge in [-0.05, 0) is 32.1 Å². The maximum atomic E-state index is 12.7. The first-order valence-corrected chi connectivity index (χ1v) is 9.52. The van der Waals surface area contributed by atoms with Crippen LogP contribution in [0.2, 0.25) is 0 Å². The lowest BCUT2D eigenvalue weighted by Crippen LogP contribution is -2.41. The van der Waals surface area contributed by atoms with Gasteiger partial charge in [-0.15, -0.1) is 0 Å². The fraction of sp³-hybridized carbons (Fsp3) is 0.684. The van der Waals surface area contributed by atoms with E-state index in [0.717, 1.165) is 32.4 Å². The molecule has 26 heavy (non-hydrogen) atoms. The number of nitrogens with zero attached hydrogens (tertiary/aromatic N) is 4. The summed E-state index contributed by atoms with van der Waals surface area (Å²) in [6, 6.07) is 0. The van der Waals surface area contributed by atoms with E-state index < -0.39 is 0 Å². The number of ether oxygens (including phenoxy) is 1. The molecule has 7 heteroatoms. The molecule has 144 valence electrons. The Bertz CT molecular complexity index is 559. The molecule has 1 aromatic heterocycles. The molecular weight excluding hydrogens is 332 g/mol. The molecule has 1 saturated heterocycles. The Morgan fingerprint density at radius 2 is 2.04 bits per heavy atom. The number of hydrogen-bond donors (Lipinski definition) is 0. The monoisotopic (exact) mass is 362 g/mol. The third-order valence-electron chi connectivity index (χ3n) is 4.72. The molecule has 0 spiro atoms. The average Bonchev–Trinajstić information content (AvgIpc) is 2.68. The van der Waals surface area contributed by atoms with Crippen LogP contribution in [0.5, 0.6) is 0 Å². The van der Waals surface area contributed by atoms with Gasteiger partial charge in [-0.1, -0.05) is 6.92 Å². The van der Waals surface area contributed by atoms with Crippen molar-refractivity contribution in [1.82, 2.24) is 19.8 Å². The van der Waals surface area contributed by atoms with Crippen molar-refractivity contribution in [3.63, 3.8) is 0 Å². The van der Waals surface area contributed by atoms with Gasteiger partial charge in [0.05, 0.1) is 6.20 Å². The van der Waals surface area contributed by atoms with E-state index in [2.05, 4.69) is 16.9 Å². The number of rotatable bonds is 9. The van der Waals surface area contributed by atoms with E-state index in [1.807, 2.05) is 11.8 Å². The summed E-state index contributed by atoms with van der Waals surface area (Å²) in [6.07, 6.45) is 7.70. The van der Waals surface area contributed by atoms with Crippen LogP contribution >= 0.6 is 0 Å². The average molecular weight is 362 g/mol. The highest BCUT2D eigenvalue weighted by atomic mass is 16.5. The molecule has 0 saturated carbocycles. The van der Waals surface area contributed by atoms with Gasteiger partial charge in [0.1, 0.15) is 5.69 Å². The summed E-state index contributed by atoms with van der Waals surface area (Å²) in [5.41, 5.74) is 0.308. The van der Waals surface area contributed by atoms with Gasteiger partial charge >= 0.3 is 0 Å². The maximum absolute atomic E-state index is 12.7. The Morgan fingerprint density at radius 1 is 1.27 bits per heavy atom. The van der Waals surface area contributed by atoms with E-state index >= 15 is 0 Å². The Balaban J connectivity index is 1.90. The number of likely N-dealkylation sites (tertiary alicyclic amines) is 1. The van der Waals surface area contributed by atoms with Crippen LogP contribution in [0.4, 0.5) is 0 Å². The fourth-order valence-corrected chi connectivity index (χ4v) is 3.03. The normalized spacial score (nSPS) is 15.1. The number of piperidine rings is 1. The molecule has 1 aliphatic rings. The van der Waals surface area contributed by atoms with Gasteiger partial charge in [-0.2, -0.15) is 0 Å². The minimum atomic E-state index is -0.185. The van der Waals surface area contributed by atoms with Crippen molar-refractivity contribution in [2.75, 3.05) is 39.4 Å². The van der Waals surface area contributed by atoms with Crippen molar-refractivity contribution in [3.05, 3.63) is 24.3 Å². The Morgan fingerprint density at radius 3 is 2.69 bits per heavy atom. The van der Waals surface area contributed by atoms with E-state index in [-0.39, 0.29) is 11.8 Å². The van der Waals surface area contributed by atoms with E-state index in [1.165, 1.54) is 18.6 Å². The fourth-order valence-electron chi connectivity index (χ4n) is 3.03. The van der Waals surface area contributed by atoms with Gasteiger partial charge in [0.15, 0.2) is 0 Å². The molecular formula is C19H30N4O3. The maximum Gasteiger partial charge on any atom is 0.274 e. The van der Waals surface area contributed by atoms with Gasteiger partial charge in [0.2, 0.25) is 5.91 Å². The van der Waals surface area contributed by atoms with Gasteiger partial charge in [-0.25, -0.2) is 4.98 Å². The van der Waals surface area contributed by atoms with Gasteiger partial charge < -0.3 is 14.5 Å². The molecule has 1 fully saturated rings. The number of hydrogen-bond acceptors (Lipinski definition) is 5. The Labute approximate surface area is 155 Å². The number of amides is 2. The highest BCUT2D eigenvalue weighted by Crippen LogP contribution is 2.16. The second kappa shape index (κ2) is 10.9. The summed E-state index contributed by atoms with van der Waals surface area (Å²) in [5.74, 6) is 0.626. The van der Waals surface area contributed by atoms with E-state index in [4.69, 9.17) is 4.74 Å². The Kier molecular flexibility index (Phi) is 8.47. The molecule has 1 aliphatic heterocycles. The molecule has 0 atom stereocenters. The van der Waals surface area contributed by atoms with Crippen molar-refractivity contribution in [3.8, 4) is 0 Å². The van der Waals surface area contributed by atoms with Crippen LogP contribution in [0.15, 0.2) is 18.6 Å². The van der Waals surface area contributed by atoms with Crippen LogP contribution < -0.4 is 0 Å². The van der Waals surface area contributed by atoms with E-state index in [9.17, 15) is 9.59 Å². The van der Waals surface area contributed by atoms with Crippen LogP contribution in [0.1, 0.15) is 50.0 Å². The minimum Gasteiger partial charge on any atom is -0.382 e. The van der Waals surface area contributed by atoms with Crippen LogP contribution in [0, 0.1) is 5.92 Å². The third kappa shape index (κ3) is 6.37. The predicted octanol–water partition coefficient (Wildman–Crippen LogP) is 1.99. The molecule has 2 heterocycles. The van der Waals surface area contributed by atoms with Crippen LogP contribution in [-0.2, 0) is 9.53 Å². The summed E-state index contributed by atoms with van der Waals surface area (Å²) < 4.78 is 5.36. The van der Waals surface area contributed by atoms with Crippen LogP contribution in [0.25, 0.3) is 0 Å². The summed E-state index contributed by atoms with van der Waals surface area (Å²) in [4.78, 5) is 36.8. The number of carbonyl (C=O) groups is 2. The van der Waals surface area contributed by atoms with Gasteiger partial charge in [-0.3, -0.25) is 14.6 Å². The first kappa shape index (κ1) is 20.3. The molecule has 0 aliphatic carbocycles. The highest BCUT2D eigenvalue weighted by molar-refractivity contribution is 5.92. The van der Waals surface area contributed by atoms with Crippen molar-refractivity contribution in [2.24, 2.45) is 5.92 Å². The summed E-state index contributed by atoms with van der Waals surface area (Å²) in [6.45, 7) is 8.00. The minimum absolute atomic E-state index is 0.124. The van der Waals surface area contributed by atoms with Gasteiger partial charge in [0, 0.05) is 58.2 Å². The predicted molar refractivity (Wildman–Crippen MR) is 98.6 cm³/mol. The topological polar surface area (TPSA) is 75.6 Å². The molecule has 0 unspecified atom stereocenters. The SMILES string of the molecule is CCOCCCN(CCC(=O)N1CCC(C)CC1)C(=O)c1cnccn1. The summed E-state index contributed by atoms with van der Waals surface area (Å²) in [5, 5.41) is 0. The molecule has 0 bridgehead atoms. The first-order valence-electron chi connectivity index (χ1n) is 9.52. The zero-order valence-corrected chi connectivity index (χ0v) is 15.9. The summed E-state index contributed by atoms with van der Waals surface area (Å²) in [7, 11) is 0. The molecule has 0 radical (unpaired) electrons. The van der Waals surface area contributed by atoms with Gasteiger partial charge in [0.25, 0.3) is 5.91 Å². The zero-order valence-electron chi connectivity index (χ0n) is 15.9. The largest absolute Gasteiger partial charge is 0.382 e. The molecule has 7 nitrogen and oxygen atoms in total. The van der Waals surface area contributed by atoms with Crippen molar-refractivity contribution in [2.45, 2.75) is 39.5 Å².